The summed E-state index contributed by atoms with van der Waals surface area (Å²) in [6.45, 7) is 0.167. The first kappa shape index (κ1) is 18.4. The van der Waals surface area contributed by atoms with E-state index >= 15 is 0 Å². The van der Waals surface area contributed by atoms with Crippen LogP contribution in [-0.4, -0.2) is 16.4 Å². The van der Waals surface area contributed by atoms with Crippen molar-refractivity contribution < 1.29 is 18.7 Å². The summed E-state index contributed by atoms with van der Waals surface area (Å²) in [4.78, 5) is 25.0. The second-order valence-corrected chi connectivity index (χ2v) is 6.46. The summed E-state index contributed by atoms with van der Waals surface area (Å²) in [5.41, 5.74) is 6.81. The molecule has 2 aromatic heterocycles. The van der Waals surface area contributed by atoms with E-state index in [1.807, 2.05) is 66.2 Å². The minimum absolute atomic E-state index is 0.0825. The van der Waals surface area contributed by atoms with Crippen molar-refractivity contribution in [1.82, 2.24) is 15.4 Å². The first-order valence-electron chi connectivity index (χ1n) is 9.02. The topological polar surface area (TPSA) is 85.5 Å². The Balaban J connectivity index is 1.41. The van der Waals surface area contributed by atoms with Gasteiger partial charge in [0.1, 0.15) is 12.4 Å². The Kier molecular flexibility index (Phi) is 5.03. The summed E-state index contributed by atoms with van der Waals surface area (Å²) < 4.78 is 12.8. The van der Waals surface area contributed by atoms with E-state index in [2.05, 4.69) is 10.9 Å². The number of hydrogen-bond acceptors (Lipinski definition) is 4. The van der Waals surface area contributed by atoms with Gasteiger partial charge < -0.3 is 13.7 Å². The van der Waals surface area contributed by atoms with Crippen LogP contribution in [0.15, 0.2) is 77.5 Å². The van der Waals surface area contributed by atoms with Crippen LogP contribution in [0.25, 0.3) is 10.9 Å². The van der Waals surface area contributed by atoms with E-state index in [1.165, 1.54) is 6.26 Å². The second kappa shape index (κ2) is 7.93. The smallest absolute Gasteiger partial charge is 0.305 e. The highest BCUT2D eigenvalue weighted by molar-refractivity contribution is 6.07. The van der Waals surface area contributed by atoms with Crippen molar-refractivity contribution in [3.63, 3.8) is 0 Å². The molecule has 0 unspecified atom stereocenters. The fourth-order valence-electron chi connectivity index (χ4n) is 3.09. The molecule has 29 heavy (non-hydrogen) atoms. The molecule has 2 heterocycles. The zero-order chi connectivity index (χ0) is 20.2. The predicted molar refractivity (Wildman–Crippen MR) is 107 cm³/mol. The number of nitrogens with one attached hydrogen (secondary N) is 2. The minimum Gasteiger partial charge on any atom is -0.489 e. The highest BCUT2D eigenvalue weighted by Crippen LogP contribution is 2.20. The lowest BCUT2D eigenvalue weighted by Gasteiger charge is -2.08. The zero-order valence-corrected chi connectivity index (χ0v) is 15.7. The van der Waals surface area contributed by atoms with Crippen molar-refractivity contribution in [3.05, 3.63) is 90.0 Å². The average molecular weight is 389 g/mol. The maximum Gasteiger partial charge on any atom is 0.305 e. The standard InChI is InChI=1S/C22H19N3O4/c1-25-13-18(17-9-5-6-10-19(17)25)21(26)23-24-22(27)20-15(11-12-28-20)14-29-16-7-3-2-4-8-16/h2-13H,14H2,1H3,(H,23,26)(H,24,27). The van der Waals surface area contributed by atoms with E-state index in [0.29, 0.717) is 16.9 Å². The van der Waals surface area contributed by atoms with Gasteiger partial charge in [-0.3, -0.25) is 20.4 Å². The van der Waals surface area contributed by atoms with E-state index in [0.717, 1.165) is 10.9 Å². The van der Waals surface area contributed by atoms with Crippen LogP contribution in [0.4, 0.5) is 0 Å². The Labute approximate surface area is 166 Å². The largest absolute Gasteiger partial charge is 0.489 e. The summed E-state index contributed by atoms with van der Waals surface area (Å²) in [5, 5.41) is 0.802. The van der Waals surface area contributed by atoms with Crippen LogP contribution in [0.2, 0.25) is 0 Å². The molecule has 0 spiro atoms. The van der Waals surface area contributed by atoms with Gasteiger partial charge in [-0.25, -0.2) is 0 Å². The highest BCUT2D eigenvalue weighted by Gasteiger charge is 2.18. The molecular weight excluding hydrogens is 370 g/mol. The third-order valence-electron chi connectivity index (χ3n) is 4.52. The normalized spacial score (nSPS) is 10.7. The van der Waals surface area contributed by atoms with Crippen LogP contribution >= 0.6 is 0 Å². The predicted octanol–water partition coefficient (Wildman–Crippen LogP) is 3.43. The lowest BCUT2D eigenvalue weighted by molar-refractivity contribution is 0.0829. The molecule has 2 aromatic carbocycles. The molecule has 7 heteroatoms. The van der Waals surface area contributed by atoms with Crippen molar-refractivity contribution in [1.29, 1.82) is 0 Å². The quantitative estimate of drug-likeness (QED) is 0.512. The number of aromatic nitrogens is 1. The summed E-state index contributed by atoms with van der Waals surface area (Å²) in [6, 6.07) is 18.5. The number of benzene rings is 2. The Morgan fingerprint density at radius 2 is 1.69 bits per heavy atom. The van der Waals surface area contributed by atoms with Crippen LogP contribution in [0.5, 0.6) is 5.75 Å². The number of furan rings is 1. The van der Waals surface area contributed by atoms with E-state index in [1.54, 1.807) is 12.3 Å². The number of carbonyl (C=O) groups is 2. The first-order valence-corrected chi connectivity index (χ1v) is 9.02. The Morgan fingerprint density at radius 3 is 2.52 bits per heavy atom. The number of para-hydroxylation sites is 2. The minimum atomic E-state index is -0.560. The fourth-order valence-corrected chi connectivity index (χ4v) is 3.09. The lowest BCUT2D eigenvalue weighted by atomic mass is 10.2. The molecule has 0 fully saturated rings. The van der Waals surface area contributed by atoms with Gasteiger partial charge in [-0.2, -0.15) is 0 Å². The van der Waals surface area contributed by atoms with Crippen molar-refractivity contribution in [2.24, 2.45) is 7.05 Å². The molecule has 0 aliphatic rings. The maximum absolute atomic E-state index is 12.5. The van der Waals surface area contributed by atoms with Gasteiger partial charge in [0.15, 0.2) is 5.76 Å². The Hall–Kier alpha value is -4.00. The lowest BCUT2D eigenvalue weighted by Crippen LogP contribution is -2.41. The van der Waals surface area contributed by atoms with Gasteiger partial charge in [-0.05, 0) is 24.3 Å². The zero-order valence-electron chi connectivity index (χ0n) is 15.7. The summed E-state index contributed by atoms with van der Waals surface area (Å²) in [6.07, 6.45) is 3.13. The number of hydrazine groups is 1. The molecule has 4 rings (SSSR count). The van der Waals surface area contributed by atoms with Gasteiger partial charge in [-0.15, -0.1) is 0 Å². The summed E-state index contributed by atoms with van der Waals surface area (Å²) in [7, 11) is 1.86. The molecule has 0 saturated carbocycles. The molecular formula is C22H19N3O4. The number of aryl methyl sites for hydroxylation is 1. The van der Waals surface area contributed by atoms with E-state index < -0.39 is 11.8 Å². The number of carbonyl (C=O) groups excluding carboxylic acids is 2. The molecule has 4 aromatic rings. The first-order chi connectivity index (χ1) is 14.1. The third kappa shape index (κ3) is 3.84. The maximum atomic E-state index is 12.5. The van der Waals surface area contributed by atoms with Crippen molar-refractivity contribution in [3.8, 4) is 5.75 Å². The molecule has 146 valence electrons. The molecule has 0 aliphatic heterocycles. The highest BCUT2D eigenvalue weighted by atomic mass is 16.5. The van der Waals surface area contributed by atoms with Crippen LogP contribution < -0.4 is 15.6 Å². The molecule has 2 N–H and O–H groups in total. The van der Waals surface area contributed by atoms with Crippen LogP contribution in [-0.2, 0) is 13.7 Å². The average Bonchev–Trinajstić information content (AvgIpc) is 3.36. The van der Waals surface area contributed by atoms with Gasteiger partial charge in [-0.1, -0.05) is 36.4 Å². The van der Waals surface area contributed by atoms with Crippen molar-refractivity contribution >= 4 is 22.7 Å². The number of fused-ring (bicyclic) bond motifs is 1. The molecule has 2 amide bonds. The summed E-state index contributed by atoms with van der Waals surface area (Å²) >= 11 is 0. The van der Waals surface area contributed by atoms with Crippen molar-refractivity contribution in [2.75, 3.05) is 0 Å². The van der Waals surface area contributed by atoms with E-state index in [9.17, 15) is 9.59 Å². The molecule has 0 atom stereocenters. The molecule has 0 bridgehead atoms. The van der Waals surface area contributed by atoms with Crippen LogP contribution in [0.1, 0.15) is 26.5 Å². The Morgan fingerprint density at radius 1 is 0.966 bits per heavy atom. The fraction of sp³-hybridized carbons (Fsp3) is 0.0909. The van der Waals surface area contributed by atoms with E-state index in [-0.39, 0.29) is 12.4 Å². The third-order valence-corrected chi connectivity index (χ3v) is 4.52. The second-order valence-electron chi connectivity index (χ2n) is 6.46. The van der Waals surface area contributed by atoms with Gasteiger partial charge >= 0.3 is 5.91 Å². The SMILES string of the molecule is Cn1cc(C(=O)NNC(=O)c2occc2COc2ccccc2)c2ccccc21. The van der Waals surface area contributed by atoms with Gasteiger partial charge in [0.25, 0.3) is 5.91 Å². The van der Waals surface area contributed by atoms with Crippen LogP contribution in [0.3, 0.4) is 0 Å². The molecule has 0 radical (unpaired) electrons. The number of nitrogens with zero attached hydrogens (tertiary/aromatic N) is 1. The molecule has 0 saturated heterocycles. The number of rotatable bonds is 5. The van der Waals surface area contributed by atoms with Gasteiger partial charge in [0.05, 0.1) is 11.8 Å². The number of ether oxygens (including phenoxy) is 1. The van der Waals surface area contributed by atoms with Gasteiger partial charge in [0.2, 0.25) is 0 Å². The van der Waals surface area contributed by atoms with Crippen molar-refractivity contribution in [2.45, 2.75) is 6.61 Å². The number of hydrogen-bond donors (Lipinski definition) is 2. The molecule has 7 nitrogen and oxygen atoms in total. The molecule has 0 aliphatic carbocycles. The van der Waals surface area contributed by atoms with Gasteiger partial charge in [0, 0.05) is 29.7 Å². The van der Waals surface area contributed by atoms with E-state index in [4.69, 9.17) is 9.15 Å². The number of amides is 2. The summed E-state index contributed by atoms with van der Waals surface area (Å²) in [5.74, 6) is -0.206. The Bertz CT molecular complexity index is 1160. The monoisotopic (exact) mass is 389 g/mol. The van der Waals surface area contributed by atoms with Crippen LogP contribution in [0, 0.1) is 0 Å².